The zero-order valence-electron chi connectivity index (χ0n) is 15.8. The van der Waals surface area contributed by atoms with Gasteiger partial charge in [-0.25, -0.2) is 4.98 Å². The van der Waals surface area contributed by atoms with Crippen molar-refractivity contribution in [2.75, 3.05) is 24.3 Å². The van der Waals surface area contributed by atoms with E-state index in [9.17, 15) is 4.79 Å². The van der Waals surface area contributed by atoms with Gasteiger partial charge in [0.2, 0.25) is 0 Å². The predicted molar refractivity (Wildman–Crippen MR) is 110 cm³/mol. The molecule has 5 heteroatoms. The van der Waals surface area contributed by atoms with Crippen molar-refractivity contribution in [3.05, 3.63) is 64.2 Å². The van der Waals surface area contributed by atoms with Crippen LogP contribution in [-0.4, -0.2) is 25.0 Å². The highest BCUT2D eigenvalue weighted by Crippen LogP contribution is 2.27. The highest BCUT2D eigenvalue weighted by Gasteiger charge is 2.12. The molecule has 4 nitrogen and oxygen atoms in total. The summed E-state index contributed by atoms with van der Waals surface area (Å²) in [5.41, 5.74) is 6.79. The molecule has 3 aromatic rings. The summed E-state index contributed by atoms with van der Waals surface area (Å²) in [4.78, 5) is 19.2. The van der Waals surface area contributed by atoms with Gasteiger partial charge in [-0.15, -0.1) is 11.3 Å². The number of hydrogen-bond acceptors (Lipinski definition) is 4. The Labute approximate surface area is 158 Å². The van der Waals surface area contributed by atoms with Gasteiger partial charge in [0, 0.05) is 47.7 Å². The molecular weight excluding hydrogens is 342 g/mol. The lowest BCUT2D eigenvalue weighted by molar-refractivity contribution is 0.102. The van der Waals surface area contributed by atoms with Gasteiger partial charge >= 0.3 is 0 Å². The minimum atomic E-state index is -0.101. The maximum absolute atomic E-state index is 12.7. The van der Waals surface area contributed by atoms with Crippen LogP contribution in [0, 0.1) is 20.8 Å². The fraction of sp³-hybridized carbons (Fsp3) is 0.238. The summed E-state index contributed by atoms with van der Waals surface area (Å²) in [6, 6.07) is 11.7. The first-order chi connectivity index (χ1) is 12.3. The number of carbonyl (C=O) groups is 1. The summed E-state index contributed by atoms with van der Waals surface area (Å²) in [5, 5.41) is 6.05. The van der Waals surface area contributed by atoms with Gasteiger partial charge in [0.15, 0.2) is 0 Å². The number of carbonyl (C=O) groups excluding carboxylic acids is 1. The van der Waals surface area contributed by atoms with Gasteiger partial charge in [0.1, 0.15) is 5.01 Å². The van der Waals surface area contributed by atoms with Crippen LogP contribution >= 0.6 is 11.3 Å². The molecule has 134 valence electrons. The molecule has 0 unspecified atom stereocenters. The number of rotatable bonds is 4. The summed E-state index contributed by atoms with van der Waals surface area (Å²) in [6.45, 7) is 6.01. The fourth-order valence-corrected chi connectivity index (χ4v) is 3.64. The van der Waals surface area contributed by atoms with Gasteiger partial charge < -0.3 is 10.2 Å². The third-order valence-electron chi connectivity index (χ3n) is 4.29. The summed E-state index contributed by atoms with van der Waals surface area (Å²) in [7, 11) is 4.02. The SMILES string of the molecule is Cc1csc(-c2ccc(C(=O)Nc3c(C)cc(N(C)C)cc3C)cc2)n1. The minimum absolute atomic E-state index is 0.101. The van der Waals surface area contributed by atoms with E-state index in [1.54, 1.807) is 11.3 Å². The Bertz CT molecular complexity index is 919. The first kappa shape index (κ1) is 18.1. The fourth-order valence-electron chi connectivity index (χ4n) is 2.83. The number of aromatic nitrogens is 1. The van der Waals surface area contributed by atoms with E-state index in [0.29, 0.717) is 5.56 Å². The van der Waals surface area contributed by atoms with Crippen LogP contribution in [-0.2, 0) is 0 Å². The number of benzene rings is 2. The Hall–Kier alpha value is -2.66. The average Bonchev–Trinajstić information content (AvgIpc) is 3.04. The average molecular weight is 366 g/mol. The maximum atomic E-state index is 12.7. The lowest BCUT2D eigenvalue weighted by Crippen LogP contribution is -2.15. The third kappa shape index (κ3) is 3.78. The Balaban J connectivity index is 1.80. The summed E-state index contributed by atoms with van der Waals surface area (Å²) >= 11 is 1.61. The van der Waals surface area contributed by atoms with Crippen LogP contribution in [0.2, 0.25) is 0 Å². The van der Waals surface area contributed by atoms with Crippen molar-refractivity contribution in [1.29, 1.82) is 0 Å². The molecule has 0 radical (unpaired) electrons. The molecule has 1 heterocycles. The first-order valence-corrected chi connectivity index (χ1v) is 9.35. The quantitative estimate of drug-likeness (QED) is 0.703. The number of thiazole rings is 1. The largest absolute Gasteiger partial charge is 0.378 e. The lowest BCUT2D eigenvalue weighted by Gasteiger charge is -2.18. The van der Waals surface area contributed by atoms with E-state index < -0.39 is 0 Å². The molecule has 0 bridgehead atoms. The van der Waals surface area contributed by atoms with Crippen molar-refractivity contribution in [2.45, 2.75) is 20.8 Å². The van der Waals surface area contributed by atoms with E-state index in [1.165, 1.54) is 0 Å². The van der Waals surface area contributed by atoms with Gasteiger partial charge in [-0.05, 0) is 56.2 Å². The monoisotopic (exact) mass is 365 g/mol. The Morgan fingerprint density at radius 2 is 1.65 bits per heavy atom. The second-order valence-electron chi connectivity index (χ2n) is 6.67. The second-order valence-corrected chi connectivity index (χ2v) is 7.53. The van der Waals surface area contributed by atoms with Crippen LogP contribution < -0.4 is 10.2 Å². The summed E-state index contributed by atoms with van der Waals surface area (Å²) < 4.78 is 0. The first-order valence-electron chi connectivity index (χ1n) is 8.47. The Morgan fingerprint density at radius 3 is 2.15 bits per heavy atom. The molecule has 0 spiro atoms. The topological polar surface area (TPSA) is 45.2 Å². The van der Waals surface area contributed by atoms with Crippen LogP contribution in [0.3, 0.4) is 0 Å². The van der Waals surface area contributed by atoms with Gasteiger partial charge in [-0.1, -0.05) is 12.1 Å². The molecule has 0 aliphatic heterocycles. The Kier molecular flexibility index (Phi) is 5.09. The number of aryl methyl sites for hydroxylation is 3. The molecule has 2 aromatic carbocycles. The summed E-state index contributed by atoms with van der Waals surface area (Å²) in [6.07, 6.45) is 0. The normalized spacial score (nSPS) is 10.7. The molecule has 3 rings (SSSR count). The molecule has 0 aliphatic carbocycles. The molecule has 0 aliphatic rings. The third-order valence-corrected chi connectivity index (χ3v) is 5.29. The van der Waals surface area contributed by atoms with Crippen LogP contribution in [0.15, 0.2) is 41.8 Å². The van der Waals surface area contributed by atoms with E-state index in [0.717, 1.165) is 38.8 Å². The number of hydrogen-bond donors (Lipinski definition) is 1. The molecule has 0 saturated carbocycles. The van der Waals surface area contributed by atoms with E-state index >= 15 is 0 Å². The highest BCUT2D eigenvalue weighted by atomic mass is 32.1. The van der Waals surface area contributed by atoms with E-state index in [2.05, 4.69) is 27.3 Å². The van der Waals surface area contributed by atoms with E-state index in [1.807, 2.05) is 64.5 Å². The smallest absolute Gasteiger partial charge is 0.255 e. The standard InChI is InChI=1S/C21H23N3OS/c1-13-10-18(24(4)5)11-14(2)19(13)23-20(25)16-6-8-17(9-7-16)21-22-15(3)12-26-21/h6-12H,1-5H3,(H,23,25). The number of anilines is 2. The summed E-state index contributed by atoms with van der Waals surface area (Å²) in [5.74, 6) is -0.101. The van der Waals surface area contributed by atoms with E-state index in [-0.39, 0.29) is 5.91 Å². The van der Waals surface area contributed by atoms with Crippen LogP contribution in [0.1, 0.15) is 27.2 Å². The van der Waals surface area contributed by atoms with Crippen LogP contribution in [0.5, 0.6) is 0 Å². The van der Waals surface area contributed by atoms with Gasteiger partial charge in [-0.2, -0.15) is 0 Å². The van der Waals surface area contributed by atoms with Crippen molar-refractivity contribution in [3.63, 3.8) is 0 Å². The minimum Gasteiger partial charge on any atom is -0.378 e. The second kappa shape index (κ2) is 7.30. The van der Waals surface area contributed by atoms with Crippen LogP contribution in [0.25, 0.3) is 10.6 Å². The molecular formula is C21H23N3OS. The zero-order valence-corrected chi connectivity index (χ0v) is 16.6. The molecule has 0 atom stereocenters. The molecule has 1 amide bonds. The number of nitrogens with zero attached hydrogens (tertiary/aromatic N) is 2. The molecule has 26 heavy (non-hydrogen) atoms. The molecule has 1 N–H and O–H groups in total. The number of amides is 1. The van der Waals surface area contributed by atoms with Crippen molar-refractivity contribution < 1.29 is 4.79 Å². The van der Waals surface area contributed by atoms with Gasteiger partial charge in [-0.3, -0.25) is 4.79 Å². The van der Waals surface area contributed by atoms with Crippen molar-refractivity contribution >= 4 is 28.6 Å². The lowest BCUT2D eigenvalue weighted by atomic mass is 10.1. The van der Waals surface area contributed by atoms with Crippen molar-refractivity contribution in [2.24, 2.45) is 0 Å². The zero-order chi connectivity index (χ0) is 18.8. The molecule has 0 saturated heterocycles. The molecule has 1 aromatic heterocycles. The molecule has 0 fully saturated rings. The number of nitrogens with one attached hydrogen (secondary N) is 1. The van der Waals surface area contributed by atoms with Gasteiger partial charge in [0.05, 0.1) is 0 Å². The Morgan fingerprint density at radius 1 is 1.04 bits per heavy atom. The van der Waals surface area contributed by atoms with Crippen LogP contribution in [0.4, 0.5) is 11.4 Å². The van der Waals surface area contributed by atoms with E-state index in [4.69, 9.17) is 0 Å². The van der Waals surface area contributed by atoms with Gasteiger partial charge in [0.25, 0.3) is 5.91 Å². The van der Waals surface area contributed by atoms with Crippen molar-refractivity contribution in [3.8, 4) is 10.6 Å². The highest BCUT2D eigenvalue weighted by molar-refractivity contribution is 7.13. The predicted octanol–water partition coefficient (Wildman–Crippen LogP) is 5.05. The van der Waals surface area contributed by atoms with Crippen molar-refractivity contribution in [1.82, 2.24) is 4.98 Å². The maximum Gasteiger partial charge on any atom is 0.255 e.